The van der Waals surface area contributed by atoms with Gasteiger partial charge in [-0.15, -0.1) is 0 Å². The Bertz CT molecular complexity index is 208. The van der Waals surface area contributed by atoms with Gasteiger partial charge < -0.3 is 25.1 Å². The lowest BCUT2D eigenvalue weighted by Crippen LogP contribution is -2.48. The van der Waals surface area contributed by atoms with Crippen molar-refractivity contribution in [3.63, 3.8) is 0 Å². The van der Waals surface area contributed by atoms with Crippen molar-refractivity contribution < 1.29 is 29.7 Å². The van der Waals surface area contributed by atoms with E-state index in [9.17, 15) is 9.67 Å². The summed E-state index contributed by atoms with van der Waals surface area (Å²) in [6, 6.07) is 0. The minimum absolute atomic E-state index is 0.126. The monoisotopic (exact) mass is 229 g/mol. The molecular formula is C6H16NO6P. The predicted octanol–water partition coefficient (Wildman–Crippen LogP) is -1.88. The molecule has 0 bridgehead atoms. The van der Waals surface area contributed by atoms with Crippen LogP contribution in [-0.4, -0.2) is 61.8 Å². The second-order valence-electron chi connectivity index (χ2n) is 2.95. The molecule has 0 saturated carbocycles. The van der Waals surface area contributed by atoms with Crippen molar-refractivity contribution in [1.82, 2.24) is 4.90 Å². The molecule has 0 aromatic rings. The first-order valence-electron chi connectivity index (χ1n) is 4.02. The van der Waals surface area contributed by atoms with Crippen LogP contribution in [0.3, 0.4) is 0 Å². The smallest absolute Gasteiger partial charge is 0.371 e. The highest BCUT2D eigenvalue weighted by Crippen LogP contribution is 2.50. The van der Waals surface area contributed by atoms with Crippen molar-refractivity contribution in [3.05, 3.63) is 0 Å². The van der Waals surface area contributed by atoms with E-state index >= 15 is 0 Å². The van der Waals surface area contributed by atoms with Crippen molar-refractivity contribution in [2.45, 2.75) is 12.4 Å². The molecule has 5 N–H and O–H groups in total. The number of aliphatic hydroxyl groups is 3. The molecule has 1 atom stereocenters. The summed E-state index contributed by atoms with van der Waals surface area (Å²) < 4.78 is 10.9. The molecule has 0 fully saturated rings. The van der Waals surface area contributed by atoms with Gasteiger partial charge in [0.15, 0.2) is 0 Å². The van der Waals surface area contributed by atoms with Gasteiger partial charge in [0.05, 0.1) is 13.2 Å². The van der Waals surface area contributed by atoms with E-state index in [0.717, 1.165) is 11.8 Å². The molecule has 0 aromatic heterocycles. The zero-order valence-electron chi connectivity index (χ0n) is 7.87. The SMILES string of the molecule is CC(O)(N(CCO)CCO)P(=O)(O)O. The molecule has 86 valence electrons. The van der Waals surface area contributed by atoms with Gasteiger partial charge in [-0.2, -0.15) is 0 Å². The third-order valence-electron chi connectivity index (χ3n) is 1.89. The first-order chi connectivity index (χ1) is 6.27. The highest BCUT2D eigenvalue weighted by molar-refractivity contribution is 7.53. The predicted molar refractivity (Wildman–Crippen MR) is 48.4 cm³/mol. The van der Waals surface area contributed by atoms with E-state index in [-0.39, 0.29) is 26.3 Å². The lowest BCUT2D eigenvalue weighted by Gasteiger charge is -2.35. The van der Waals surface area contributed by atoms with Crippen molar-refractivity contribution in [2.24, 2.45) is 0 Å². The zero-order chi connectivity index (χ0) is 11.4. The average molecular weight is 229 g/mol. The zero-order valence-corrected chi connectivity index (χ0v) is 8.76. The van der Waals surface area contributed by atoms with Crippen LogP contribution in [0.2, 0.25) is 0 Å². The minimum Gasteiger partial charge on any atom is -0.395 e. The first-order valence-corrected chi connectivity index (χ1v) is 5.63. The Labute approximate surface area is 81.8 Å². The lowest BCUT2D eigenvalue weighted by molar-refractivity contribution is -0.0547. The Hall–Kier alpha value is -0.0100. The fourth-order valence-corrected chi connectivity index (χ4v) is 1.53. The van der Waals surface area contributed by atoms with Gasteiger partial charge in [0.2, 0.25) is 5.47 Å². The lowest BCUT2D eigenvalue weighted by atomic mass is 10.4. The van der Waals surface area contributed by atoms with Crippen LogP contribution < -0.4 is 0 Å². The van der Waals surface area contributed by atoms with Crippen molar-refractivity contribution in [3.8, 4) is 0 Å². The quantitative estimate of drug-likeness (QED) is 0.267. The Morgan fingerprint density at radius 1 is 1.21 bits per heavy atom. The van der Waals surface area contributed by atoms with Crippen LogP contribution in [0.15, 0.2) is 0 Å². The Kier molecular flexibility index (Phi) is 5.17. The number of rotatable bonds is 6. The summed E-state index contributed by atoms with van der Waals surface area (Å²) in [5.74, 6) is 0. The molecule has 0 aliphatic heterocycles. The van der Waals surface area contributed by atoms with Crippen LogP contribution in [0.25, 0.3) is 0 Å². The summed E-state index contributed by atoms with van der Waals surface area (Å²) >= 11 is 0. The van der Waals surface area contributed by atoms with Gasteiger partial charge in [-0.05, 0) is 6.92 Å². The maximum atomic E-state index is 10.9. The van der Waals surface area contributed by atoms with Crippen LogP contribution in [-0.2, 0) is 4.57 Å². The number of nitrogens with zero attached hydrogens (tertiary/aromatic N) is 1. The summed E-state index contributed by atoms with van der Waals surface area (Å²) in [5, 5.41) is 26.7. The Morgan fingerprint density at radius 3 is 1.79 bits per heavy atom. The molecule has 0 radical (unpaired) electrons. The molecule has 8 heteroatoms. The molecule has 0 aliphatic rings. The normalized spacial score (nSPS) is 17.1. The molecule has 7 nitrogen and oxygen atoms in total. The van der Waals surface area contributed by atoms with Crippen molar-refractivity contribution in [2.75, 3.05) is 26.3 Å². The van der Waals surface area contributed by atoms with Crippen LogP contribution in [0.4, 0.5) is 0 Å². The average Bonchev–Trinajstić information content (AvgIpc) is 2.02. The van der Waals surface area contributed by atoms with E-state index in [1.165, 1.54) is 0 Å². The van der Waals surface area contributed by atoms with Gasteiger partial charge in [0, 0.05) is 13.1 Å². The van der Waals surface area contributed by atoms with Gasteiger partial charge >= 0.3 is 7.60 Å². The van der Waals surface area contributed by atoms with E-state index in [1.54, 1.807) is 0 Å². The molecule has 0 aromatic carbocycles. The highest BCUT2D eigenvalue weighted by Gasteiger charge is 2.45. The fourth-order valence-electron chi connectivity index (χ4n) is 0.961. The molecule has 0 amide bonds. The summed E-state index contributed by atoms with van der Waals surface area (Å²) in [6.07, 6.45) is 0. The van der Waals surface area contributed by atoms with E-state index in [1.807, 2.05) is 0 Å². The first kappa shape index (κ1) is 14.0. The standard InChI is InChI=1S/C6H16NO6P/c1-6(10,14(11,12)13)7(2-4-8)3-5-9/h8-10H,2-5H2,1H3,(H2,11,12,13). The van der Waals surface area contributed by atoms with E-state index in [0.29, 0.717) is 0 Å². The number of hydrogen-bond acceptors (Lipinski definition) is 5. The van der Waals surface area contributed by atoms with Gasteiger partial charge in [0.1, 0.15) is 0 Å². The largest absolute Gasteiger partial charge is 0.395 e. The molecule has 0 heterocycles. The van der Waals surface area contributed by atoms with Crippen LogP contribution in [0.5, 0.6) is 0 Å². The number of aliphatic hydroxyl groups excluding tert-OH is 2. The molecule has 0 spiro atoms. The number of hydrogen-bond donors (Lipinski definition) is 5. The van der Waals surface area contributed by atoms with Gasteiger partial charge in [0.25, 0.3) is 0 Å². The van der Waals surface area contributed by atoms with E-state index in [2.05, 4.69) is 0 Å². The molecular weight excluding hydrogens is 213 g/mol. The summed E-state index contributed by atoms with van der Waals surface area (Å²) in [7, 11) is -4.72. The maximum Gasteiger partial charge on any atom is 0.371 e. The summed E-state index contributed by atoms with van der Waals surface area (Å²) in [4.78, 5) is 18.6. The molecule has 0 saturated heterocycles. The topological polar surface area (TPSA) is 121 Å². The minimum atomic E-state index is -4.72. The molecule has 1 unspecified atom stereocenters. The Balaban J connectivity index is 4.70. The third kappa shape index (κ3) is 3.29. The maximum absolute atomic E-state index is 10.9. The summed E-state index contributed by atoms with van der Waals surface area (Å²) in [6.45, 7) is -0.0390. The van der Waals surface area contributed by atoms with Crippen molar-refractivity contribution in [1.29, 1.82) is 0 Å². The van der Waals surface area contributed by atoms with Crippen molar-refractivity contribution >= 4 is 7.60 Å². The van der Waals surface area contributed by atoms with Crippen LogP contribution >= 0.6 is 7.60 Å². The highest BCUT2D eigenvalue weighted by atomic mass is 31.2. The molecule has 14 heavy (non-hydrogen) atoms. The van der Waals surface area contributed by atoms with Gasteiger partial charge in [-0.25, -0.2) is 0 Å². The van der Waals surface area contributed by atoms with Crippen LogP contribution in [0, 0.1) is 0 Å². The van der Waals surface area contributed by atoms with E-state index < -0.39 is 13.1 Å². The van der Waals surface area contributed by atoms with E-state index in [4.69, 9.17) is 20.0 Å². The third-order valence-corrected chi connectivity index (χ3v) is 3.28. The van der Waals surface area contributed by atoms with Gasteiger partial charge in [-0.3, -0.25) is 9.46 Å². The second-order valence-corrected chi connectivity index (χ2v) is 4.88. The second kappa shape index (κ2) is 5.18. The fraction of sp³-hybridized carbons (Fsp3) is 1.00. The van der Waals surface area contributed by atoms with Crippen LogP contribution in [0.1, 0.15) is 6.92 Å². The molecule has 0 rings (SSSR count). The molecule has 0 aliphatic carbocycles. The van der Waals surface area contributed by atoms with Gasteiger partial charge in [-0.1, -0.05) is 0 Å². The Morgan fingerprint density at radius 2 is 1.57 bits per heavy atom. The summed E-state index contributed by atoms with van der Waals surface area (Å²) in [5.41, 5.74) is -2.36.